The van der Waals surface area contributed by atoms with Gasteiger partial charge in [-0.1, -0.05) is 11.6 Å². The second-order valence-corrected chi connectivity index (χ2v) is 6.23. The highest BCUT2D eigenvalue weighted by atomic mass is 35.5. The second-order valence-electron chi connectivity index (χ2n) is 5.82. The summed E-state index contributed by atoms with van der Waals surface area (Å²) in [6.45, 7) is 2.75. The third-order valence-corrected chi connectivity index (χ3v) is 4.21. The van der Waals surface area contributed by atoms with Crippen molar-refractivity contribution in [2.24, 2.45) is 0 Å². The molecule has 0 aliphatic carbocycles. The number of nitrogens with one attached hydrogen (secondary N) is 1. The van der Waals surface area contributed by atoms with Crippen LogP contribution in [0.15, 0.2) is 18.2 Å². The molecule has 1 heterocycles. The predicted octanol–water partition coefficient (Wildman–Crippen LogP) is 2.42. The van der Waals surface area contributed by atoms with Gasteiger partial charge in [0, 0.05) is 17.8 Å². The van der Waals surface area contributed by atoms with E-state index < -0.39 is 11.0 Å². The van der Waals surface area contributed by atoms with Gasteiger partial charge < -0.3 is 10.4 Å². The molecule has 0 spiro atoms. The fourth-order valence-corrected chi connectivity index (χ4v) is 3.07. The Hall–Kier alpha value is -1.70. The number of nitrogens with zero attached hydrogens (tertiary/aromatic N) is 2. The van der Waals surface area contributed by atoms with Crippen LogP contribution in [0.1, 0.15) is 26.2 Å². The molecule has 126 valence electrons. The summed E-state index contributed by atoms with van der Waals surface area (Å²) in [6, 6.07) is 4.36. The van der Waals surface area contributed by atoms with Crippen LogP contribution in [-0.4, -0.2) is 46.1 Å². The van der Waals surface area contributed by atoms with E-state index in [1.807, 2.05) is 4.90 Å². The molecule has 1 aromatic rings. The molecule has 2 unspecified atom stereocenters. The van der Waals surface area contributed by atoms with Crippen LogP contribution in [0.5, 0.6) is 0 Å². The molecule has 0 aromatic heterocycles. The van der Waals surface area contributed by atoms with E-state index in [2.05, 4.69) is 5.32 Å². The average Bonchev–Trinajstić information content (AvgIpc) is 2.87. The zero-order valence-corrected chi connectivity index (χ0v) is 13.6. The van der Waals surface area contributed by atoms with Gasteiger partial charge in [-0.05, 0) is 44.9 Å². The van der Waals surface area contributed by atoms with E-state index in [-0.39, 0.29) is 29.2 Å². The Bertz CT molecular complexity index is 594. The summed E-state index contributed by atoms with van der Waals surface area (Å²) < 4.78 is 0. The van der Waals surface area contributed by atoms with Crippen molar-refractivity contribution in [1.29, 1.82) is 0 Å². The summed E-state index contributed by atoms with van der Waals surface area (Å²) in [6.07, 6.45) is 2.20. The molecular weight excluding hydrogens is 322 g/mol. The van der Waals surface area contributed by atoms with E-state index >= 15 is 0 Å². The van der Waals surface area contributed by atoms with Gasteiger partial charge in [-0.15, -0.1) is 0 Å². The number of nitro benzene ring substituents is 1. The van der Waals surface area contributed by atoms with Gasteiger partial charge in [0.15, 0.2) is 0 Å². The zero-order chi connectivity index (χ0) is 17.0. The van der Waals surface area contributed by atoms with E-state index in [4.69, 9.17) is 11.6 Å². The number of carbonyl (C=O) groups is 1. The molecule has 2 atom stereocenters. The van der Waals surface area contributed by atoms with Crippen LogP contribution in [-0.2, 0) is 4.79 Å². The topological polar surface area (TPSA) is 95.7 Å². The Labute approximate surface area is 139 Å². The first kappa shape index (κ1) is 17.7. The van der Waals surface area contributed by atoms with Gasteiger partial charge in [0.2, 0.25) is 5.91 Å². The minimum atomic E-state index is -0.586. The van der Waals surface area contributed by atoms with Crippen LogP contribution >= 0.6 is 11.6 Å². The van der Waals surface area contributed by atoms with E-state index in [1.54, 1.807) is 6.92 Å². The van der Waals surface area contributed by atoms with Crippen molar-refractivity contribution in [3.05, 3.63) is 33.3 Å². The quantitative estimate of drug-likeness (QED) is 0.612. The number of likely N-dealkylation sites (tertiary alicyclic amines) is 1. The maximum absolute atomic E-state index is 12.1. The molecule has 7 nitrogen and oxygen atoms in total. The minimum Gasteiger partial charge on any atom is -0.393 e. The van der Waals surface area contributed by atoms with E-state index in [0.717, 1.165) is 19.4 Å². The molecule has 0 saturated carbocycles. The number of anilines is 1. The number of aliphatic hydroxyl groups is 1. The molecule has 1 aliphatic rings. The highest BCUT2D eigenvalue weighted by Gasteiger charge is 2.27. The lowest BCUT2D eigenvalue weighted by atomic mass is 10.1. The van der Waals surface area contributed by atoms with Crippen molar-refractivity contribution in [3.8, 4) is 0 Å². The molecule has 8 heteroatoms. The lowest BCUT2D eigenvalue weighted by Crippen LogP contribution is -2.38. The summed E-state index contributed by atoms with van der Waals surface area (Å²) in [5, 5.41) is 23.1. The highest BCUT2D eigenvalue weighted by Crippen LogP contribution is 2.27. The summed E-state index contributed by atoms with van der Waals surface area (Å²) in [5.41, 5.74) is 0.106. The Morgan fingerprint density at radius 2 is 2.35 bits per heavy atom. The van der Waals surface area contributed by atoms with Crippen LogP contribution in [0.4, 0.5) is 11.4 Å². The number of halogens is 1. The summed E-state index contributed by atoms with van der Waals surface area (Å²) in [5.74, 6) is -0.237. The van der Waals surface area contributed by atoms with Crippen molar-refractivity contribution < 1.29 is 14.8 Å². The Kier molecular flexibility index (Phi) is 5.92. The number of nitro groups is 1. The normalized spacial score (nSPS) is 19.5. The third-order valence-electron chi connectivity index (χ3n) is 3.89. The number of hydrogen-bond donors (Lipinski definition) is 2. The van der Waals surface area contributed by atoms with Crippen molar-refractivity contribution in [2.75, 3.05) is 18.4 Å². The van der Waals surface area contributed by atoms with Crippen LogP contribution in [0.2, 0.25) is 5.02 Å². The number of carbonyl (C=O) groups excluding carboxylic acids is 1. The second kappa shape index (κ2) is 7.72. The molecule has 1 amide bonds. The lowest BCUT2D eigenvalue weighted by Gasteiger charge is -2.24. The van der Waals surface area contributed by atoms with Crippen molar-refractivity contribution >= 4 is 28.9 Å². The molecule has 0 radical (unpaired) electrons. The first-order valence-electron chi connectivity index (χ1n) is 7.52. The van der Waals surface area contributed by atoms with Crippen LogP contribution in [0, 0.1) is 10.1 Å². The monoisotopic (exact) mass is 341 g/mol. The fraction of sp³-hybridized carbons (Fsp3) is 0.533. The van der Waals surface area contributed by atoms with Gasteiger partial charge in [-0.3, -0.25) is 19.8 Å². The average molecular weight is 342 g/mol. The van der Waals surface area contributed by atoms with Gasteiger partial charge >= 0.3 is 0 Å². The van der Waals surface area contributed by atoms with Crippen molar-refractivity contribution in [1.82, 2.24) is 4.90 Å². The Morgan fingerprint density at radius 3 is 3.00 bits per heavy atom. The molecule has 1 aromatic carbocycles. The first-order valence-corrected chi connectivity index (χ1v) is 7.90. The number of rotatable bonds is 6. The third kappa shape index (κ3) is 4.89. The SMILES string of the molecule is CC(O)CC1CCCN1CC(=O)Nc1ccc(Cl)c([N+](=O)[O-])c1. The zero-order valence-electron chi connectivity index (χ0n) is 12.9. The smallest absolute Gasteiger partial charge is 0.289 e. The highest BCUT2D eigenvalue weighted by molar-refractivity contribution is 6.32. The van der Waals surface area contributed by atoms with Gasteiger partial charge in [0.25, 0.3) is 5.69 Å². The molecule has 1 fully saturated rings. The fourth-order valence-electron chi connectivity index (χ4n) is 2.88. The van der Waals surface area contributed by atoms with Gasteiger partial charge in [-0.25, -0.2) is 0 Å². The maximum atomic E-state index is 12.1. The van der Waals surface area contributed by atoms with Gasteiger partial charge in [-0.2, -0.15) is 0 Å². The standard InChI is InChI=1S/C15H20ClN3O4/c1-10(20)7-12-3-2-6-18(12)9-15(21)17-11-4-5-13(16)14(8-11)19(22)23/h4-5,8,10,12,20H,2-3,6-7,9H2,1H3,(H,17,21). The molecule has 1 aliphatic heterocycles. The molecular formula is C15H20ClN3O4. The first-order chi connectivity index (χ1) is 10.9. The van der Waals surface area contributed by atoms with Crippen LogP contribution < -0.4 is 5.32 Å². The van der Waals surface area contributed by atoms with Crippen LogP contribution in [0.25, 0.3) is 0 Å². The summed E-state index contributed by atoms with van der Waals surface area (Å²) >= 11 is 5.75. The molecule has 2 N–H and O–H groups in total. The largest absolute Gasteiger partial charge is 0.393 e. The van der Waals surface area contributed by atoms with E-state index in [9.17, 15) is 20.0 Å². The summed E-state index contributed by atoms with van der Waals surface area (Å²) in [4.78, 5) is 24.5. The molecule has 1 saturated heterocycles. The lowest BCUT2D eigenvalue weighted by molar-refractivity contribution is -0.384. The van der Waals surface area contributed by atoms with E-state index in [0.29, 0.717) is 12.1 Å². The number of hydrogen-bond acceptors (Lipinski definition) is 5. The predicted molar refractivity (Wildman–Crippen MR) is 87.6 cm³/mol. The molecule has 2 rings (SSSR count). The summed E-state index contributed by atoms with van der Waals surface area (Å²) in [7, 11) is 0. The van der Waals surface area contributed by atoms with Crippen LogP contribution in [0.3, 0.4) is 0 Å². The maximum Gasteiger partial charge on any atom is 0.289 e. The number of amides is 1. The molecule has 23 heavy (non-hydrogen) atoms. The minimum absolute atomic E-state index is 0.0320. The van der Waals surface area contributed by atoms with Gasteiger partial charge in [0.05, 0.1) is 17.6 Å². The Morgan fingerprint density at radius 1 is 1.61 bits per heavy atom. The van der Waals surface area contributed by atoms with Crippen molar-refractivity contribution in [3.63, 3.8) is 0 Å². The van der Waals surface area contributed by atoms with Gasteiger partial charge in [0.1, 0.15) is 5.02 Å². The number of benzene rings is 1. The van der Waals surface area contributed by atoms with Crippen molar-refractivity contribution in [2.45, 2.75) is 38.3 Å². The number of aliphatic hydroxyl groups excluding tert-OH is 1. The van der Waals surface area contributed by atoms with E-state index in [1.165, 1.54) is 18.2 Å². The molecule has 0 bridgehead atoms. The Balaban J connectivity index is 1.97.